The third-order valence-electron chi connectivity index (χ3n) is 4.86. The normalized spacial score (nSPS) is 11.2. The molecule has 0 radical (unpaired) electrons. The fraction of sp³-hybridized carbons (Fsp3) is 0.240. The molecule has 0 aromatic heterocycles. The summed E-state index contributed by atoms with van der Waals surface area (Å²) < 4.78 is 28.7. The molecule has 0 atom stereocenters. The van der Waals surface area contributed by atoms with Crippen molar-refractivity contribution in [3.63, 3.8) is 0 Å². The van der Waals surface area contributed by atoms with E-state index in [1.165, 1.54) is 11.6 Å². The van der Waals surface area contributed by atoms with Crippen molar-refractivity contribution in [2.45, 2.75) is 31.4 Å². The molecule has 0 aliphatic carbocycles. The van der Waals surface area contributed by atoms with Gasteiger partial charge in [0.25, 0.3) is 15.9 Å². The fourth-order valence-electron chi connectivity index (χ4n) is 3.38. The lowest BCUT2D eigenvalue weighted by Gasteiger charge is -2.13. The van der Waals surface area contributed by atoms with Crippen molar-refractivity contribution in [3.05, 3.63) is 94.5 Å². The second-order valence-electron chi connectivity index (χ2n) is 7.76. The van der Waals surface area contributed by atoms with Gasteiger partial charge in [-0.05, 0) is 67.3 Å². The van der Waals surface area contributed by atoms with Crippen LogP contribution in [0.15, 0.2) is 71.6 Å². The number of sulfonamides is 1. The molecule has 0 fully saturated rings. The highest BCUT2D eigenvalue weighted by molar-refractivity contribution is 7.98. The second-order valence-corrected chi connectivity index (χ2v) is 10.5. The van der Waals surface area contributed by atoms with E-state index in [0.29, 0.717) is 23.4 Å². The molecule has 1 amide bonds. The fourth-order valence-corrected chi connectivity index (χ4v) is 5.51. The number of carbonyl (C=O) groups excluding carboxylic acids is 1. The smallest absolute Gasteiger partial charge is 0.262 e. The topological polar surface area (TPSA) is 75.3 Å². The Hall–Kier alpha value is -2.77. The summed E-state index contributed by atoms with van der Waals surface area (Å²) in [5.41, 5.74) is 4.59. The van der Waals surface area contributed by atoms with Gasteiger partial charge in [-0.3, -0.25) is 9.52 Å². The standard InChI is InChI=1S/C25H28N2O3S2/c1-18-13-19(2)15-23(14-18)27-32(29,30)24-16-22(10-9-20(24)3)25(28)26-11-12-31-17-21-7-5-4-6-8-21/h4-10,13-16,27H,11-12,17H2,1-3H3,(H,26,28). The zero-order valence-corrected chi connectivity index (χ0v) is 20.1. The van der Waals surface area contributed by atoms with E-state index in [0.717, 1.165) is 22.6 Å². The van der Waals surface area contributed by atoms with Crippen LogP contribution in [0.3, 0.4) is 0 Å². The van der Waals surface area contributed by atoms with Gasteiger partial charge in [-0.2, -0.15) is 11.8 Å². The monoisotopic (exact) mass is 468 g/mol. The van der Waals surface area contributed by atoms with E-state index < -0.39 is 10.0 Å². The Morgan fingerprint density at radius 3 is 2.28 bits per heavy atom. The largest absolute Gasteiger partial charge is 0.351 e. The molecule has 0 aliphatic rings. The Kier molecular flexibility index (Phi) is 7.99. The van der Waals surface area contributed by atoms with Crippen LogP contribution >= 0.6 is 11.8 Å². The molecule has 3 rings (SSSR count). The average molecular weight is 469 g/mol. The molecular formula is C25H28N2O3S2. The van der Waals surface area contributed by atoms with E-state index in [1.807, 2.05) is 38.1 Å². The minimum atomic E-state index is -3.83. The summed E-state index contributed by atoms with van der Waals surface area (Å²) in [7, 11) is -3.83. The predicted octanol–water partition coefficient (Wildman–Crippen LogP) is 5.08. The maximum absolute atomic E-state index is 13.0. The van der Waals surface area contributed by atoms with Gasteiger partial charge in [-0.25, -0.2) is 8.42 Å². The summed E-state index contributed by atoms with van der Waals surface area (Å²) in [6.07, 6.45) is 0. The number of hydrogen-bond donors (Lipinski definition) is 2. The molecule has 0 unspecified atom stereocenters. The average Bonchev–Trinajstić information content (AvgIpc) is 2.73. The van der Waals surface area contributed by atoms with Crippen LogP contribution in [-0.4, -0.2) is 26.6 Å². The van der Waals surface area contributed by atoms with Gasteiger partial charge in [0.2, 0.25) is 0 Å². The maximum Gasteiger partial charge on any atom is 0.262 e. The van der Waals surface area contributed by atoms with Gasteiger partial charge in [0, 0.05) is 29.3 Å². The van der Waals surface area contributed by atoms with Gasteiger partial charge >= 0.3 is 0 Å². The summed E-state index contributed by atoms with van der Waals surface area (Å²) in [6.45, 7) is 6.06. The predicted molar refractivity (Wildman–Crippen MR) is 133 cm³/mol. The molecule has 0 saturated heterocycles. The van der Waals surface area contributed by atoms with Crippen molar-refractivity contribution >= 4 is 33.4 Å². The number of carbonyl (C=O) groups is 1. The van der Waals surface area contributed by atoms with Gasteiger partial charge in [0.05, 0.1) is 4.90 Å². The number of rotatable bonds is 9. The van der Waals surface area contributed by atoms with Gasteiger partial charge in [-0.1, -0.05) is 42.5 Å². The number of benzene rings is 3. The quantitative estimate of drug-likeness (QED) is 0.430. The lowest BCUT2D eigenvalue weighted by molar-refractivity contribution is 0.0956. The molecule has 3 aromatic rings. The Labute approximate surface area is 194 Å². The molecule has 0 aliphatic heterocycles. The van der Waals surface area contributed by atoms with Crippen molar-refractivity contribution in [2.24, 2.45) is 0 Å². The molecule has 168 valence electrons. The molecule has 0 heterocycles. The van der Waals surface area contributed by atoms with Gasteiger partial charge in [0.15, 0.2) is 0 Å². The number of hydrogen-bond acceptors (Lipinski definition) is 4. The van der Waals surface area contributed by atoms with E-state index >= 15 is 0 Å². The highest BCUT2D eigenvalue weighted by Gasteiger charge is 2.19. The lowest BCUT2D eigenvalue weighted by Crippen LogP contribution is -2.26. The van der Waals surface area contributed by atoms with Crippen molar-refractivity contribution in [2.75, 3.05) is 17.0 Å². The molecule has 0 saturated carbocycles. The molecule has 3 aromatic carbocycles. The Bertz CT molecular complexity index is 1170. The summed E-state index contributed by atoms with van der Waals surface area (Å²) in [4.78, 5) is 12.7. The third kappa shape index (κ3) is 6.61. The van der Waals surface area contributed by atoms with E-state index in [9.17, 15) is 13.2 Å². The van der Waals surface area contributed by atoms with Crippen molar-refractivity contribution in [1.29, 1.82) is 0 Å². The highest BCUT2D eigenvalue weighted by Crippen LogP contribution is 2.22. The number of nitrogens with one attached hydrogen (secondary N) is 2. The highest BCUT2D eigenvalue weighted by atomic mass is 32.2. The first-order valence-electron chi connectivity index (χ1n) is 10.4. The van der Waals surface area contributed by atoms with Crippen molar-refractivity contribution < 1.29 is 13.2 Å². The van der Waals surface area contributed by atoms with E-state index in [4.69, 9.17) is 0 Å². The molecular weight excluding hydrogens is 440 g/mol. The van der Waals surface area contributed by atoms with Crippen molar-refractivity contribution in [3.8, 4) is 0 Å². The first-order valence-corrected chi connectivity index (χ1v) is 13.0. The minimum absolute atomic E-state index is 0.0998. The van der Waals surface area contributed by atoms with Crippen LogP contribution in [0, 0.1) is 20.8 Å². The van der Waals surface area contributed by atoms with E-state index in [-0.39, 0.29) is 10.8 Å². The second kappa shape index (κ2) is 10.7. The minimum Gasteiger partial charge on any atom is -0.351 e. The Balaban J connectivity index is 1.63. The lowest BCUT2D eigenvalue weighted by atomic mass is 10.1. The number of aryl methyl sites for hydroxylation is 3. The van der Waals surface area contributed by atoms with Crippen molar-refractivity contribution in [1.82, 2.24) is 5.32 Å². The summed E-state index contributed by atoms with van der Waals surface area (Å²) in [6, 6.07) is 20.4. The van der Waals surface area contributed by atoms with Crippen LogP contribution in [-0.2, 0) is 15.8 Å². The van der Waals surface area contributed by atoms with Crippen LogP contribution in [0.5, 0.6) is 0 Å². The number of thioether (sulfide) groups is 1. The zero-order chi connectivity index (χ0) is 23.1. The Morgan fingerprint density at radius 1 is 0.906 bits per heavy atom. The van der Waals surface area contributed by atoms with Gasteiger partial charge in [0.1, 0.15) is 0 Å². The first kappa shape index (κ1) is 23.9. The Morgan fingerprint density at radius 2 is 1.59 bits per heavy atom. The summed E-state index contributed by atoms with van der Waals surface area (Å²) in [5.74, 6) is 1.37. The molecule has 0 spiro atoms. The molecule has 32 heavy (non-hydrogen) atoms. The summed E-state index contributed by atoms with van der Waals surface area (Å²) >= 11 is 1.74. The van der Waals surface area contributed by atoms with Crippen LogP contribution in [0.1, 0.15) is 32.6 Å². The summed E-state index contributed by atoms with van der Waals surface area (Å²) in [5, 5.41) is 2.87. The SMILES string of the molecule is Cc1cc(C)cc(NS(=O)(=O)c2cc(C(=O)NCCSCc3ccccc3)ccc2C)c1. The molecule has 7 heteroatoms. The third-order valence-corrected chi connectivity index (χ3v) is 7.41. The molecule has 0 bridgehead atoms. The van der Waals surface area contributed by atoms with Crippen LogP contribution in [0.2, 0.25) is 0 Å². The molecule has 2 N–H and O–H groups in total. The number of amides is 1. The van der Waals surface area contributed by atoms with Crippen LogP contribution in [0.25, 0.3) is 0 Å². The van der Waals surface area contributed by atoms with E-state index in [2.05, 4.69) is 22.2 Å². The molecule has 5 nitrogen and oxygen atoms in total. The van der Waals surface area contributed by atoms with E-state index in [1.54, 1.807) is 43.0 Å². The first-order chi connectivity index (χ1) is 15.2. The van der Waals surface area contributed by atoms with Crippen LogP contribution in [0.4, 0.5) is 5.69 Å². The number of anilines is 1. The van der Waals surface area contributed by atoms with Gasteiger partial charge < -0.3 is 5.32 Å². The zero-order valence-electron chi connectivity index (χ0n) is 18.5. The van der Waals surface area contributed by atoms with Gasteiger partial charge in [-0.15, -0.1) is 0 Å². The maximum atomic E-state index is 13.0. The van der Waals surface area contributed by atoms with Crippen LogP contribution < -0.4 is 10.0 Å².